The summed E-state index contributed by atoms with van der Waals surface area (Å²) in [7, 11) is 0. The van der Waals surface area contributed by atoms with Gasteiger partial charge in [-0.1, -0.05) is 84.9 Å². The number of fused-ring (bicyclic) bond motifs is 3. The molecule has 0 saturated heterocycles. The quantitative estimate of drug-likeness (QED) is 0.278. The minimum absolute atomic E-state index is 0.475. The van der Waals surface area contributed by atoms with Crippen LogP contribution in [0.4, 0.5) is 0 Å². The Kier molecular flexibility index (Phi) is 5.70. The van der Waals surface area contributed by atoms with E-state index < -0.39 is 11.5 Å². The molecule has 4 aromatic carbocycles. The Morgan fingerprint density at radius 2 is 1.44 bits per heavy atom. The average Bonchev–Trinajstić information content (AvgIpc) is 3.22. The molecule has 1 heterocycles. The van der Waals surface area contributed by atoms with Crippen LogP contribution in [-0.4, -0.2) is 21.8 Å². The Morgan fingerprint density at radius 3 is 2.09 bits per heavy atom. The minimum atomic E-state index is -1.86. The molecule has 1 aromatic heterocycles. The van der Waals surface area contributed by atoms with Crippen molar-refractivity contribution < 1.29 is 9.90 Å². The predicted molar refractivity (Wildman–Crippen MR) is 137 cm³/mol. The van der Waals surface area contributed by atoms with Crippen molar-refractivity contribution in [1.82, 2.24) is 9.99 Å². The van der Waals surface area contributed by atoms with Crippen molar-refractivity contribution >= 4 is 33.9 Å². The lowest BCUT2D eigenvalue weighted by Gasteiger charge is -2.27. The number of hydrogen-bond donors (Lipinski definition) is 2. The van der Waals surface area contributed by atoms with Gasteiger partial charge in [-0.25, -0.2) is 5.43 Å². The summed E-state index contributed by atoms with van der Waals surface area (Å²) < 4.78 is 2.28. The van der Waals surface area contributed by atoms with E-state index in [2.05, 4.69) is 46.3 Å². The Labute approximate surface area is 198 Å². The zero-order valence-corrected chi connectivity index (χ0v) is 18.8. The highest BCUT2D eigenvalue weighted by Crippen LogP contribution is 2.31. The maximum Gasteiger partial charge on any atom is 0.281 e. The fraction of sp³-hybridized carbons (Fsp3) is 0.103. The van der Waals surface area contributed by atoms with Crippen LogP contribution in [0.15, 0.2) is 108 Å². The number of aryl methyl sites for hydroxylation is 1. The molecule has 0 unspecified atom stereocenters. The van der Waals surface area contributed by atoms with E-state index in [1.54, 1.807) is 54.7 Å². The van der Waals surface area contributed by atoms with E-state index >= 15 is 0 Å². The van der Waals surface area contributed by atoms with E-state index in [0.29, 0.717) is 11.1 Å². The lowest BCUT2D eigenvalue weighted by Crippen LogP contribution is -2.43. The first-order valence-corrected chi connectivity index (χ1v) is 11.3. The number of nitrogens with one attached hydrogen (secondary N) is 1. The highest BCUT2D eigenvalue weighted by atomic mass is 16.3. The second kappa shape index (κ2) is 8.96. The Morgan fingerprint density at radius 1 is 0.853 bits per heavy atom. The van der Waals surface area contributed by atoms with Crippen molar-refractivity contribution in [2.45, 2.75) is 19.1 Å². The van der Waals surface area contributed by atoms with Crippen molar-refractivity contribution in [3.05, 3.63) is 120 Å². The number of carbonyl (C=O) groups excluding carboxylic acids is 1. The molecule has 34 heavy (non-hydrogen) atoms. The van der Waals surface area contributed by atoms with Crippen molar-refractivity contribution in [2.24, 2.45) is 5.10 Å². The number of rotatable bonds is 6. The molecule has 168 valence electrons. The van der Waals surface area contributed by atoms with Gasteiger partial charge in [0.15, 0.2) is 5.60 Å². The van der Waals surface area contributed by atoms with Gasteiger partial charge in [0.05, 0.1) is 6.21 Å². The SMILES string of the molecule is CCn1c2ccccc2c2cc(/C=N\NC(=O)C(O)(c3ccccc3)c3ccccc3)ccc21. The highest BCUT2D eigenvalue weighted by Gasteiger charge is 2.39. The number of hydrogen-bond acceptors (Lipinski definition) is 3. The van der Waals surface area contributed by atoms with Crippen LogP contribution in [-0.2, 0) is 16.9 Å². The van der Waals surface area contributed by atoms with Gasteiger partial charge in [-0.2, -0.15) is 5.10 Å². The fourth-order valence-corrected chi connectivity index (χ4v) is 4.53. The maximum atomic E-state index is 13.2. The zero-order valence-electron chi connectivity index (χ0n) is 18.8. The van der Waals surface area contributed by atoms with E-state index in [4.69, 9.17) is 0 Å². The number of aromatic nitrogens is 1. The van der Waals surface area contributed by atoms with E-state index in [-0.39, 0.29) is 0 Å². The fourth-order valence-electron chi connectivity index (χ4n) is 4.53. The highest BCUT2D eigenvalue weighted by molar-refractivity contribution is 6.09. The Bertz CT molecular complexity index is 1450. The molecule has 2 N–H and O–H groups in total. The van der Waals surface area contributed by atoms with Crippen LogP contribution in [0.25, 0.3) is 21.8 Å². The number of para-hydroxylation sites is 1. The smallest absolute Gasteiger partial charge is 0.281 e. The van der Waals surface area contributed by atoms with Crippen LogP contribution >= 0.6 is 0 Å². The summed E-state index contributed by atoms with van der Waals surface area (Å²) in [6.45, 7) is 3.02. The monoisotopic (exact) mass is 447 g/mol. The van der Waals surface area contributed by atoms with E-state index in [1.165, 1.54) is 10.9 Å². The van der Waals surface area contributed by atoms with Gasteiger partial charge in [0.1, 0.15) is 0 Å². The summed E-state index contributed by atoms with van der Waals surface area (Å²) in [5.74, 6) is -0.621. The van der Waals surface area contributed by atoms with Crippen LogP contribution in [0.1, 0.15) is 23.6 Å². The molecular formula is C29H25N3O2. The molecule has 0 radical (unpaired) electrons. The second-order valence-corrected chi connectivity index (χ2v) is 8.18. The number of nitrogens with zero attached hydrogens (tertiary/aromatic N) is 2. The van der Waals surface area contributed by atoms with Crippen molar-refractivity contribution in [3.8, 4) is 0 Å². The topological polar surface area (TPSA) is 66.6 Å². The second-order valence-electron chi connectivity index (χ2n) is 8.18. The molecule has 0 aliphatic heterocycles. The molecule has 5 rings (SSSR count). The molecule has 0 saturated carbocycles. The van der Waals surface area contributed by atoms with Gasteiger partial charge in [0, 0.05) is 28.4 Å². The van der Waals surface area contributed by atoms with E-state index in [1.807, 2.05) is 30.3 Å². The first-order valence-electron chi connectivity index (χ1n) is 11.3. The molecule has 5 nitrogen and oxygen atoms in total. The minimum Gasteiger partial charge on any atom is -0.372 e. The lowest BCUT2D eigenvalue weighted by molar-refractivity contribution is -0.136. The van der Waals surface area contributed by atoms with Crippen LogP contribution < -0.4 is 5.43 Å². The van der Waals surface area contributed by atoms with Gasteiger partial charge >= 0.3 is 0 Å². The molecule has 0 spiro atoms. The third-order valence-electron chi connectivity index (χ3n) is 6.20. The number of aliphatic hydroxyl groups is 1. The number of hydrazone groups is 1. The number of benzene rings is 4. The van der Waals surface area contributed by atoms with E-state index in [0.717, 1.165) is 23.0 Å². The third-order valence-corrected chi connectivity index (χ3v) is 6.20. The summed E-state index contributed by atoms with van der Waals surface area (Å²) in [4.78, 5) is 13.2. The van der Waals surface area contributed by atoms with Gasteiger partial charge in [-0.15, -0.1) is 0 Å². The van der Waals surface area contributed by atoms with Gasteiger partial charge in [0.2, 0.25) is 0 Å². The standard InChI is InChI=1S/C29H25N3O2/c1-2-32-26-16-10-9-15-24(26)25-19-21(17-18-27(25)32)20-30-31-28(33)29(34,22-11-5-3-6-12-22)23-13-7-4-8-14-23/h3-20,34H,2H2,1H3,(H,31,33)/b30-20-. The van der Waals surface area contributed by atoms with Gasteiger partial charge in [0.25, 0.3) is 5.91 Å². The summed E-state index contributed by atoms with van der Waals surface area (Å²) in [5, 5.41) is 18.0. The van der Waals surface area contributed by atoms with Crippen LogP contribution in [0.2, 0.25) is 0 Å². The van der Waals surface area contributed by atoms with Crippen LogP contribution in [0.3, 0.4) is 0 Å². The summed E-state index contributed by atoms with van der Waals surface area (Å²) >= 11 is 0. The summed E-state index contributed by atoms with van der Waals surface area (Å²) in [6.07, 6.45) is 1.60. The molecule has 0 atom stereocenters. The van der Waals surface area contributed by atoms with Crippen LogP contribution in [0.5, 0.6) is 0 Å². The molecule has 0 aliphatic rings. The first-order chi connectivity index (χ1) is 16.6. The summed E-state index contributed by atoms with van der Waals surface area (Å²) in [5.41, 5.74) is 4.84. The largest absolute Gasteiger partial charge is 0.372 e. The molecule has 5 aromatic rings. The molecule has 0 fully saturated rings. The van der Waals surface area contributed by atoms with Gasteiger partial charge in [-0.3, -0.25) is 4.79 Å². The molecule has 5 heteroatoms. The lowest BCUT2D eigenvalue weighted by atomic mass is 9.85. The normalized spacial score (nSPS) is 11.9. The van der Waals surface area contributed by atoms with Crippen molar-refractivity contribution in [1.29, 1.82) is 0 Å². The molecule has 0 bridgehead atoms. The van der Waals surface area contributed by atoms with Crippen molar-refractivity contribution in [3.63, 3.8) is 0 Å². The zero-order chi connectivity index (χ0) is 23.5. The Balaban J connectivity index is 1.46. The number of carbonyl (C=O) groups is 1. The van der Waals surface area contributed by atoms with Gasteiger partial charge < -0.3 is 9.67 Å². The van der Waals surface area contributed by atoms with Crippen molar-refractivity contribution in [2.75, 3.05) is 0 Å². The Hall–Kier alpha value is -4.22. The molecule has 0 aliphatic carbocycles. The third kappa shape index (κ3) is 3.66. The average molecular weight is 448 g/mol. The predicted octanol–water partition coefficient (Wildman–Crippen LogP) is 5.20. The maximum absolute atomic E-state index is 13.2. The van der Waals surface area contributed by atoms with Gasteiger partial charge in [-0.05, 0) is 41.8 Å². The molecular weight excluding hydrogens is 422 g/mol. The first kappa shape index (κ1) is 21.6. The van der Waals surface area contributed by atoms with E-state index in [9.17, 15) is 9.90 Å². The molecule has 1 amide bonds. The summed E-state index contributed by atoms with van der Waals surface area (Å²) in [6, 6.07) is 32.2. The van der Waals surface area contributed by atoms with Crippen LogP contribution in [0, 0.1) is 0 Å². The number of amides is 1.